The van der Waals surface area contributed by atoms with E-state index in [1.165, 1.54) is 32.0 Å². The lowest BCUT2D eigenvalue weighted by molar-refractivity contribution is -0.116. The molecule has 0 aromatic carbocycles. The number of nitrogens with one attached hydrogen (secondary N) is 2. The highest BCUT2D eigenvalue weighted by atomic mass is 32.2. The number of H-pyrrole nitrogens is 1. The van der Waals surface area contributed by atoms with Crippen molar-refractivity contribution in [1.82, 2.24) is 20.3 Å². The van der Waals surface area contributed by atoms with E-state index in [4.69, 9.17) is 0 Å². The van der Waals surface area contributed by atoms with Gasteiger partial charge in [-0.1, -0.05) is 25.7 Å². The second-order valence-corrected chi connectivity index (χ2v) is 6.60. The summed E-state index contributed by atoms with van der Waals surface area (Å²) in [5.74, 6) is 1.62. The Morgan fingerprint density at radius 1 is 1.30 bits per heavy atom. The molecule has 1 saturated carbocycles. The number of hydrogen-bond donors (Lipinski definition) is 2. The molecule has 2 aliphatic rings. The highest BCUT2D eigenvalue weighted by Crippen LogP contribution is 2.28. The van der Waals surface area contributed by atoms with Crippen LogP contribution in [0.15, 0.2) is 29.7 Å². The number of likely N-dealkylation sites (N-methyl/N-ethyl adjacent to an activating group) is 1. The molecule has 0 bridgehead atoms. The van der Waals surface area contributed by atoms with E-state index >= 15 is 0 Å². The Labute approximate surface area is 139 Å². The molecule has 122 valence electrons. The van der Waals surface area contributed by atoms with Crippen LogP contribution < -0.4 is 10.2 Å². The van der Waals surface area contributed by atoms with Gasteiger partial charge in [-0.3, -0.25) is 4.79 Å². The third-order valence-electron chi connectivity index (χ3n) is 3.92. The number of aromatic nitrogens is 3. The number of amides is 1. The molecule has 0 unspecified atom stereocenters. The summed E-state index contributed by atoms with van der Waals surface area (Å²) in [5.41, 5.74) is 0.804. The van der Waals surface area contributed by atoms with Crippen molar-refractivity contribution in [3.05, 3.63) is 29.7 Å². The van der Waals surface area contributed by atoms with Crippen LogP contribution in [0.1, 0.15) is 25.7 Å². The largest absolute Gasteiger partial charge is 0.355 e. The molecule has 1 fully saturated rings. The molecule has 0 radical (unpaired) electrons. The predicted molar refractivity (Wildman–Crippen MR) is 94.3 cm³/mol. The molecular formula is C16H21N5OS. The minimum atomic E-state index is -0.0610. The van der Waals surface area contributed by atoms with Gasteiger partial charge in [0, 0.05) is 31.7 Å². The minimum Gasteiger partial charge on any atom is -0.355 e. The summed E-state index contributed by atoms with van der Waals surface area (Å²) in [6.45, 7) is 0.822. The summed E-state index contributed by atoms with van der Waals surface area (Å²) in [6.07, 6.45) is 11.2. The first kappa shape index (κ1) is 15.9. The lowest BCUT2D eigenvalue weighted by atomic mass is 10.0. The van der Waals surface area contributed by atoms with Gasteiger partial charge in [-0.25, -0.2) is 9.97 Å². The quantitative estimate of drug-likeness (QED) is 0.885. The van der Waals surface area contributed by atoms with E-state index in [0.29, 0.717) is 4.91 Å². The first-order valence-electron chi connectivity index (χ1n) is 7.91. The van der Waals surface area contributed by atoms with E-state index < -0.39 is 0 Å². The fourth-order valence-corrected chi connectivity index (χ4v) is 3.19. The molecular weight excluding hydrogens is 310 g/mol. The normalized spacial score (nSPS) is 16.9. The van der Waals surface area contributed by atoms with Gasteiger partial charge in [0.2, 0.25) is 0 Å². The fourth-order valence-electron chi connectivity index (χ4n) is 2.25. The monoisotopic (exact) mass is 331 g/mol. The maximum Gasteiger partial charge on any atom is 0.258 e. The number of fused-ring (bicyclic) bond motifs is 1. The summed E-state index contributed by atoms with van der Waals surface area (Å²) in [6, 6.07) is 1.94. The first-order chi connectivity index (χ1) is 11.3. The van der Waals surface area contributed by atoms with Crippen LogP contribution in [0.4, 0.5) is 5.82 Å². The Morgan fingerprint density at radius 2 is 2.09 bits per heavy atom. The molecule has 23 heavy (non-hydrogen) atoms. The van der Waals surface area contributed by atoms with E-state index in [-0.39, 0.29) is 5.91 Å². The van der Waals surface area contributed by atoms with Gasteiger partial charge in [-0.15, -0.1) is 11.8 Å². The van der Waals surface area contributed by atoms with Crippen molar-refractivity contribution < 1.29 is 4.79 Å². The van der Waals surface area contributed by atoms with Gasteiger partial charge in [-0.2, -0.15) is 0 Å². The Kier molecular flexibility index (Phi) is 5.17. The standard InChI is InChI=1S/C12H13N5OS.C4H8/c1-13-12(18)9-6-17(4-5-19-9)11-8-2-3-14-10(8)15-7-16-11;1-2-4-3-1/h2-3,6-7H,4-5H2,1H3,(H,13,18)(H,14,15,16);1-4H2. The topological polar surface area (TPSA) is 73.9 Å². The van der Waals surface area contributed by atoms with Crippen molar-refractivity contribution in [2.45, 2.75) is 25.7 Å². The zero-order valence-corrected chi connectivity index (χ0v) is 14.0. The van der Waals surface area contributed by atoms with Crippen LogP contribution in [0, 0.1) is 0 Å². The second kappa shape index (κ2) is 7.50. The average Bonchev–Trinajstić information content (AvgIpc) is 3.01. The van der Waals surface area contributed by atoms with Crippen LogP contribution in [0.3, 0.4) is 0 Å². The third kappa shape index (κ3) is 3.67. The number of aromatic amines is 1. The number of rotatable bonds is 2. The van der Waals surface area contributed by atoms with E-state index in [0.717, 1.165) is 29.1 Å². The molecule has 6 nitrogen and oxygen atoms in total. The molecule has 1 amide bonds. The number of anilines is 1. The molecule has 2 N–H and O–H groups in total. The number of carbonyl (C=O) groups excluding carboxylic acids is 1. The lowest BCUT2D eigenvalue weighted by Crippen LogP contribution is -2.29. The highest BCUT2D eigenvalue weighted by molar-refractivity contribution is 8.04. The van der Waals surface area contributed by atoms with Gasteiger partial charge >= 0.3 is 0 Å². The smallest absolute Gasteiger partial charge is 0.258 e. The summed E-state index contributed by atoms with van der Waals surface area (Å²) in [5, 5.41) is 3.61. The maximum absolute atomic E-state index is 11.7. The number of thioether (sulfide) groups is 1. The lowest BCUT2D eigenvalue weighted by Gasteiger charge is -2.25. The van der Waals surface area contributed by atoms with Crippen molar-refractivity contribution in [2.24, 2.45) is 0 Å². The number of nitrogens with zero attached hydrogens (tertiary/aromatic N) is 3. The fraction of sp³-hybridized carbons (Fsp3) is 0.438. The maximum atomic E-state index is 11.7. The van der Waals surface area contributed by atoms with Gasteiger partial charge in [0.1, 0.15) is 17.8 Å². The van der Waals surface area contributed by atoms with Crippen LogP contribution in [0.5, 0.6) is 0 Å². The summed E-state index contributed by atoms with van der Waals surface area (Å²) < 4.78 is 0. The zero-order chi connectivity index (χ0) is 16.1. The Morgan fingerprint density at radius 3 is 2.78 bits per heavy atom. The third-order valence-corrected chi connectivity index (χ3v) is 4.91. The Hall–Kier alpha value is -2.02. The first-order valence-corrected chi connectivity index (χ1v) is 8.89. The molecule has 0 saturated heterocycles. The van der Waals surface area contributed by atoms with E-state index in [2.05, 4.69) is 20.3 Å². The molecule has 4 rings (SSSR count). The SMILES string of the molecule is C1CCC1.CNC(=O)C1=CN(c2ncnc3[nH]ccc23)CCS1. The number of hydrogen-bond acceptors (Lipinski definition) is 5. The van der Waals surface area contributed by atoms with Gasteiger partial charge in [0.05, 0.1) is 10.3 Å². The van der Waals surface area contributed by atoms with E-state index in [1.807, 2.05) is 23.4 Å². The molecule has 1 aliphatic heterocycles. The average molecular weight is 331 g/mol. The van der Waals surface area contributed by atoms with Crippen LogP contribution in [-0.2, 0) is 4.79 Å². The van der Waals surface area contributed by atoms with E-state index in [9.17, 15) is 4.79 Å². The number of carbonyl (C=O) groups is 1. The second-order valence-electron chi connectivity index (χ2n) is 5.47. The van der Waals surface area contributed by atoms with Gasteiger partial charge in [0.15, 0.2) is 0 Å². The molecule has 2 aromatic heterocycles. The summed E-state index contributed by atoms with van der Waals surface area (Å²) in [4.78, 5) is 26.0. The van der Waals surface area contributed by atoms with Crippen molar-refractivity contribution in [3.63, 3.8) is 0 Å². The zero-order valence-electron chi connectivity index (χ0n) is 13.2. The summed E-state index contributed by atoms with van der Waals surface area (Å²) >= 11 is 1.56. The van der Waals surface area contributed by atoms with Crippen LogP contribution in [0.25, 0.3) is 11.0 Å². The van der Waals surface area contributed by atoms with Crippen LogP contribution in [-0.4, -0.2) is 40.2 Å². The molecule has 0 atom stereocenters. The van der Waals surface area contributed by atoms with Gasteiger partial charge in [0.25, 0.3) is 5.91 Å². The van der Waals surface area contributed by atoms with Crippen molar-refractivity contribution in [1.29, 1.82) is 0 Å². The molecule has 0 spiro atoms. The van der Waals surface area contributed by atoms with Gasteiger partial charge in [-0.05, 0) is 6.07 Å². The summed E-state index contributed by atoms with van der Waals surface area (Å²) in [7, 11) is 1.64. The van der Waals surface area contributed by atoms with E-state index in [1.54, 1.807) is 18.8 Å². The van der Waals surface area contributed by atoms with Crippen LogP contribution in [0.2, 0.25) is 0 Å². The molecule has 1 aliphatic carbocycles. The Bertz CT molecular complexity index is 703. The van der Waals surface area contributed by atoms with Crippen molar-refractivity contribution in [3.8, 4) is 0 Å². The Balaban J connectivity index is 0.000000341. The minimum absolute atomic E-state index is 0.0610. The molecule has 3 heterocycles. The van der Waals surface area contributed by atoms with Gasteiger partial charge < -0.3 is 15.2 Å². The van der Waals surface area contributed by atoms with Crippen LogP contribution >= 0.6 is 11.8 Å². The highest BCUT2D eigenvalue weighted by Gasteiger charge is 2.19. The van der Waals surface area contributed by atoms with Crippen molar-refractivity contribution in [2.75, 3.05) is 24.2 Å². The molecule has 7 heteroatoms. The predicted octanol–water partition coefficient (Wildman–Crippen LogP) is 2.66. The molecule has 2 aromatic rings. The van der Waals surface area contributed by atoms with Crippen molar-refractivity contribution >= 4 is 34.5 Å².